The number of nitrogens with one attached hydrogen (secondary N) is 1. The van der Waals surface area contributed by atoms with Gasteiger partial charge in [0.05, 0.1) is 23.8 Å². The fourth-order valence-electron chi connectivity index (χ4n) is 1.48. The summed E-state index contributed by atoms with van der Waals surface area (Å²) in [6.07, 6.45) is 0. The molecule has 2 aromatic rings. The minimum atomic E-state index is -0.436. The van der Waals surface area contributed by atoms with Crippen LogP contribution in [0, 0.1) is 10.1 Å². The quantitative estimate of drug-likeness (QED) is 0.643. The van der Waals surface area contributed by atoms with Crippen LogP contribution in [-0.4, -0.2) is 15.0 Å². The van der Waals surface area contributed by atoms with Crippen molar-refractivity contribution in [1.82, 2.24) is 4.98 Å². The molecule has 0 spiro atoms. The first-order valence-electron chi connectivity index (χ1n) is 5.32. The van der Waals surface area contributed by atoms with Gasteiger partial charge >= 0.3 is 0 Å². The third-order valence-electron chi connectivity index (χ3n) is 2.35. The van der Waals surface area contributed by atoms with Gasteiger partial charge in [0.15, 0.2) is 0 Å². The third-order valence-corrected chi connectivity index (χ3v) is 3.74. The molecule has 0 saturated carbocycles. The standard InChI is InChI=1S/C11H10BrN3O3S/c12-7-1-2-9(10(3-7)15(17)18)13-4-11-14-8(5-16)6-19-11/h1-3,6,13,16H,4-5H2. The SMILES string of the molecule is O=[N+]([O-])c1cc(Br)ccc1NCc1nc(CO)cs1. The summed E-state index contributed by atoms with van der Waals surface area (Å²) in [7, 11) is 0. The summed E-state index contributed by atoms with van der Waals surface area (Å²) in [4.78, 5) is 14.7. The molecule has 0 amide bonds. The van der Waals surface area contributed by atoms with Gasteiger partial charge in [-0.05, 0) is 12.1 Å². The van der Waals surface area contributed by atoms with E-state index in [1.807, 2.05) is 0 Å². The van der Waals surface area contributed by atoms with Crippen molar-refractivity contribution in [3.05, 3.63) is 48.9 Å². The van der Waals surface area contributed by atoms with Crippen LogP contribution in [-0.2, 0) is 13.2 Å². The van der Waals surface area contributed by atoms with E-state index in [1.165, 1.54) is 17.4 Å². The summed E-state index contributed by atoms with van der Waals surface area (Å²) in [5, 5.41) is 25.3. The van der Waals surface area contributed by atoms with E-state index < -0.39 is 4.92 Å². The molecule has 0 bridgehead atoms. The Kier molecular flexibility index (Phi) is 4.46. The molecule has 1 heterocycles. The highest BCUT2D eigenvalue weighted by atomic mass is 79.9. The fourth-order valence-corrected chi connectivity index (χ4v) is 2.55. The molecule has 0 aliphatic rings. The van der Waals surface area contributed by atoms with Crippen LogP contribution in [0.15, 0.2) is 28.1 Å². The lowest BCUT2D eigenvalue weighted by atomic mass is 10.2. The number of halogens is 1. The molecule has 0 unspecified atom stereocenters. The van der Waals surface area contributed by atoms with Crippen molar-refractivity contribution in [2.24, 2.45) is 0 Å². The molecule has 6 nitrogen and oxygen atoms in total. The Morgan fingerprint density at radius 2 is 2.32 bits per heavy atom. The largest absolute Gasteiger partial charge is 0.390 e. The Hall–Kier alpha value is -1.51. The van der Waals surface area contributed by atoms with Crippen LogP contribution in [0.3, 0.4) is 0 Å². The molecule has 19 heavy (non-hydrogen) atoms. The van der Waals surface area contributed by atoms with E-state index in [0.29, 0.717) is 22.4 Å². The smallest absolute Gasteiger partial charge is 0.293 e. The molecule has 2 N–H and O–H groups in total. The predicted octanol–water partition coefficient (Wildman–Crippen LogP) is 2.92. The van der Waals surface area contributed by atoms with E-state index in [2.05, 4.69) is 26.2 Å². The van der Waals surface area contributed by atoms with Crippen LogP contribution in [0.1, 0.15) is 10.7 Å². The number of aromatic nitrogens is 1. The lowest BCUT2D eigenvalue weighted by Crippen LogP contribution is -2.02. The van der Waals surface area contributed by atoms with E-state index in [4.69, 9.17) is 5.11 Å². The fraction of sp³-hybridized carbons (Fsp3) is 0.182. The van der Waals surface area contributed by atoms with Crippen LogP contribution < -0.4 is 5.32 Å². The first-order chi connectivity index (χ1) is 9.10. The van der Waals surface area contributed by atoms with E-state index in [-0.39, 0.29) is 12.3 Å². The maximum Gasteiger partial charge on any atom is 0.293 e. The summed E-state index contributed by atoms with van der Waals surface area (Å²) < 4.78 is 0.654. The average molecular weight is 344 g/mol. The van der Waals surface area contributed by atoms with E-state index in [1.54, 1.807) is 17.5 Å². The maximum absolute atomic E-state index is 10.9. The van der Waals surface area contributed by atoms with Crippen molar-refractivity contribution in [2.75, 3.05) is 5.32 Å². The van der Waals surface area contributed by atoms with Crippen LogP contribution >= 0.6 is 27.3 Å². The number of anilines is 1. The van der Waals surface area contributed by atoms with Gasteiger partial charge in [0, 0.05) is 15.9 Å². The molecule has 0 fully saturated rings. The molecule has 0 aliphatic carbocycles. The predicted molar refractivity (Wildman–Crippen MR) is 76.2 cm³/mol. The second-order valence-electron chi connectivity index (χ2n) is 3.66. The number of hydrogen-bond acceptors (Lipinski definition) is 6. The highest BCUT2D eigenvalue weighted by Crippen LogP contribution is 2.28. The van der Waals surface area contributed by atoms with Gasteiger partial charge in [-0.15, -0.1) is 11.3 Å². The highest BCUT2D eigenvalue weighted by molar-refractivity contribution is 9.10. The highest BCUT2D eigenvalue weighted by Gasteiger charge is 2.14. The second-order valence-corrected chi connectivity index (χ2v) is 5.52. The Labute approximate surface area is 121 Å². The molecule has 2 rings (SSSR count). The topological polar surface area (TPSA) is 88.3 Å². The number of nitrogens with zero attached hydrogens (tertiary/aromatic N) is 2. The van der Waals surface area contributed by atoms with Crippen molar-refractivity contribution < 1.29 is 10.0 Å². The van der Waals surface area contributed by atoms with Gasteiger partial charge < -0.3 is 10.4 Å². The molecule has 0 atom stereocenters. The minimum absolute atomic E-state index is 0.00770. The first kappa shape index (κ1) is 13.9. The lowest BCUT2D eigenvalue weighted by Gasteiger charge is -2.05. The number of aliphatic hydroxyl groups is 1. The summed E-state index contributed by atoms with van der Waals surface area (Å²) >= 11 is 4.60. The maximum atomic E-state index is 10.9. The molecule has 1 aromatic heterocycles. The number of nitro benzene ring substituents is 1. The Morgan fingerprint density at radius 1 is 1.53 bits per heavy atom. The van der Waals surface area contributed by atoms with Crippen LogP contribution in [0.5, 0.6) is 0 Å². The molecule has 8 heteroatoms. The zero-order valence-electron chi connectivity index (χ0n) is 9.67. The number of aliphatic hydroxyl groups excluding tert-OH is 1. The van der Waals surface area contributed by atoms with Crippen molar-refractivity contribution in [1.29, 1.82) is 0 Å². The Morgan fingerprint density at radius 3 is 2.95 bits per heavy atom. The van der Waals surface area contributed by atoms with Gasteiger partial charge in [0.25, 0.3) is 5.69 Å². The lowest BCUT2D eigenvalue weighted by molar-refractivity contribution is -0.384. The number of hydrogen-bond donors (Lipinski definition) is 2. The van der Waals surface area contributed by atoms with Crippen LogP contribution in [0.25, 0.3) is 0 Å². The molecular formula is C11H10BrN3O3S. The summed E-state index contributed by atoms with van der Waals surface area (Å²) in [5.41, 5.74) is 1.05. The monoisotopic (exact) mass is 343 g/mol. The molecule has 1 aromatic carbocycles. The summed E-state index contributed by atoms with van der Waals surface area (Å²) in [5.74, 6) is 0. The number of thiazole rings is 1. The van der Waals surface area contributed by atoms with Gasteiger partial charge in [-0.2, -0.15) is 0 Å². The van der Waals surface area contributed by atoms with E-state index in [9.17, 15) is 10.1 Å². The van der Waals surface area contributed by atoms with E-state index in [0.717, 1.165) is 5.01 Å². The molecular weight excluding hydrogens is 334 g/mol. The molecule has 0 aliphatic heterocycles. The average Bonchev–Trinajstić information content (AvgIpc) is 2.85. The summed E-state index contributed by atoms with van der Waals surface area (Å²) in [6.45, 7) is 0.280. The van der Waals surface area contributed by atoms with Gasteiger partial charge in [0.1, 0.15) is 10.7 Å². The van der Waals surface area contributed by atoms with E-state index >= 15 is 0 Å². The van der Waals surface area contributed by atoms with Gasteiger partial charge in [-0.25, -0.2) is 4.98 Å². The van der Waals surface area contributed by atoms with Crippen molar-refractivity contribution in [2.45, 2.75) is 13.2 Å². The minimum Gasteiger partial charge on any atom is -0.390 e. The van der Waals surface area contributed by atoms with Crippen LogP contribution in [0.2, 0.25) is 0 Å². The normalized spacial score (nSPS) is 10.4. The Balaban J connectivity index is 2.12. The zero-order chi connectivity index (χ0) is 13.8. The first-order valence-corrected chi connectivity index (χ1v) is 6.99. The zero-order valence-corrected chi connectivity index (χ0v) is 12.1. The van der Waals surface area contributed by atoms with Crippen molar-refractivity contribution >= 4 is 38.6 Å². The third kappa shape index (κ3) is 3.49. The van der Waals surface area contributed by atoms with Gasteiger partial charge in [-0.1, -0.05) is 15.9 Å². The molecule has 100 valence electrons. The molecule has 0 radical (unpaired) electrons. The summed E-state index contributed by atoms with van der Waals surface area (Å²) in [6, 6.07) is 4.82. The number of nitro groups is 1. The van der Waals surface area contributed by atoms with Crippen LogP contribution in [0.4, 0.5) is 11.4 Å². The van der Waals surface area contributed by atoms with Gasteiger partial charge in [0.2, 0.25) is 0 Å². The van der Waals surface area contributed by atoms with Gasteiger partial charge in [-0.3, -0.25) is 10.1 Å². The van der Waals surface area contributed by atoms with Crippen molar-refractivity contribution in [3.8, 4) is 0 Å². The van der Waals surface area contributed by atoms with Crippen molar-refractivity contribution in [3.63, 3.8) is 0 Å². The second kappa shape index (κ2) is 6.09. The number of rotatable bonds is 5. The molecule has 0 saturated heterocycles. The Bertz CT molecular complexity index is 603. The number of benzene rings is 1.